The van der Waals surface area contributed by atoms with Crippen LogP contribution < -0.4 is 0 Å². The van der Waals surface area contributed by atoms with Gasteiger partial charge in [0.15, 0.2) is 11.0 Å². The van der Waals surface area contributed by atoms with Crippen LogP contribution >= 0.6 is 23.1 Å². The molecular formula is C18H26N4OS2. The molecule has 2 aromatic rings. The Morgan fingerprint density at radius 3 is 2.76 bits per heavy atom. The van der Waals surface area contributed by atoms with Gasteiger partial charge < -0.3 is 9.47 Å². The topological polar surface area (TPSA) is 51.0 Å². The van der Waals surface area contributed by atoms with Crippen LogP contribution in [0.25, 0.3) is 10.7 Å². The molecule has 0 radical (unpaired) electrons. The molecule has 7 heteroatoms. The number of amides is 1. The van der Waals surface area contributed by atoms with E-state index in [1.165, 1.54) is 31.0 Å². The second kappa shape index (κ2) is 8.36. The van der Waals surface area contributed by atoms with E-state index >= 15 is 0 Å². The zero-order chi connectivity index (χ0) is 17.8. The van der Waals surface area contributed by atoms with Crippen LogP contribution in [0.1, 0.15) is 46.0 Å². The zero-order valence-electron chi connectivity index (χ0n) is 15.1. The van der Waals surface area contributed by atoms with Crippen LogP contribution in [0, 0.1) is 0 Å². The van der Waals surface area contributed by atoms with E-state index in [1.54, 1.807) is 11.3 Å². The monoisotopic (exact) mass is 378 g/mol. The first kappa shape index (κ1) is 18.5. The minimum atomic E-state index is 0.215. The molecule has 0 aromatic carbocycles. The van der Waals surface area contributed by atoms with Gasteiger partial charge in [-0.05, 0) is 38.1 Å². The summed E-state index contributed by atoms with van der Waals surface area (Å²) in [6.45, 7) is 4.24. The van der Waals surface area contributed by atoms with Gasteiger partial charge in [0.1, 0.15) is 0 Å². The van der Waals surface area contributed by atoms with E-state index in [4.69, 9.17) is 0 Å². The Kier molecular flexibility index (Phi) is 6.17. The minimum Gasteiger partial charge on any atom is -0.337 e. The molecule has 0 aliphatic heterocycles. The molecule has 0 atom stereocenters. The van der Waals surface area contributed by atoms with E-state index in [1.807, 2.05) is 29.1 Å². The Hall–Kier alpha value is -1.34. The van der Waals surface area contributed by atoms with Crippen LogP contribution in [0.4, 0.5) is 0 Å². The van der Waals surface area contributed by atoms with Crippen molar-refractivity contribution in [3.05, 3.63) is 17.5 Å². The molecule has 0 saturated heterocycles. The lowest BCUT2D eigenvalue weighted by Gasteiger charge is -2.37. The van der Waals surface area contributed by atoms with Gasteiger partial charge in [0, 0.05) is 19.1 Å². The van der Waals surface area contributed by atoms with Crippen LogP contribution in [0.5, 0.6) is 0 Å². The van der Waals surface area contributed by atoms with E-state index in [9.17, 15) is 4.79 Å². The van der Waals surface area contributed by atoms with Gasteiger partial charge >= 0.3 is 0 Å². The van der Waals surface area contributed by atoms with Crippen LogP contribution in [0.3, 0.4) is 0 Å². The predicted molar refractivity (Wildman–Crippen MR) is 104 cm³/mol. The summed E-state index contributed by atoms with van der Waals surface area (Å²) in [5.74, 6) is 1.50. The molecule has 1 aliphatic rings. The van der Waals surface area contributed by atoms with Gasteiger partial charge in [0.25, 0.3) is 0 Å². The fourth-order valence-corrected chi connectivity index (χ4v) is 5.06. The lowest BCUT2D eigenvalue weighted by molar-refractivity contribution is -0.133. The summed E-state index contributed by atoms with van der Waals surface area (Å²) >= 11 is 3.13. The molecule has 0 spiro atoms. The van der Waals surface area contributed by atoms with Crippen molar-refractivity contribution in [3.63, 3.8) is 0 Å². The SMILES string of the molecule is CC(C)N(C(=O)CSc1nnc(-c2cccs2)n1C)C1CCCCC1. The molecule has 0 unspecified atom stereocenters. The molecule has 25 heavy (non-hydrogen) atoms. The van der Waals surface area contributed by atoms with Gasteiger partial charge in [-0.25, -0.2) is 0 Å². The molecular weight excluding hydrogens is 352 g/mol. The Morgan fingerprint density at radius 1 is 1.36 bits per heavy atom. The molecule has 1 saturated carbocycles. The fraction of sp³-hybridized carbons (Fsp3) is 0.611. The molecule has 1 amide bonds. The van der Waals surface area contributed by atoms with Crippen LogP contribution in [-0.2, 0) is 11.8 Å². The summed E-state index contributed by atoms with van der Waals surface area (Å²) in [6.07, 6.45) is 6.06. The first-order valence-corrected chi connectivity index (χ1v) is 10.8. The van der Waals surface area contributed by atoms with E-state index in [0.717, 1.165) is 28.7 Å². The third-order valence-corrected chi connectivity index (χ3v) is 6.58. The summed E-state index contributed by atoms with van der Waals surface area (Å²) in [4.78, 5) is 16.1. The van der Waals surface area contributed by atoms with Crippen molar-refractivity contribution in [1.29, 1.82) is 0 Å². The maximum atomic E-state index is 12.9. The lowest BCUT2D eigenvalue weighted by atomic mass is 9.93. The quantitative estimate of drug-likeness (QED) is 0.707. The molecule has 2 heterocycles. The molecule has 1 fully saturated rings. The summed E-state index contributed by atoms with van der Waals surface area (Å²) in [6, 6.07) is 4.70. The largest absolute Gasteiger partial charge is 0.337 e. The first-order chi connectivity index (χ1) is 12.1. The second-order valence-corrected chi connectivity index (χ2v) is 8.71. The van der Waals surface area contributed by atoms with Crippen LogP contribution in [-0.4, -0.2) is 43.4 Å². The maximum absolute atomic E-state index is 12.9. The van der Waals surface area contributed by atoms with Crippen molar-refractivity contribution in [2.75, 3.05) is 5.75 Å². The number of nitrogens with zero attached hydrogens (tertiary/aromatic N) is 4. The van der Waals surface area contributed by atoms with Crippen LogP contribution in [0.2, 0.25) is 0 Å². The highest BCUT2D eigenvalue weighted by molar-refractivity contribution is 7.99. The van der Waals surface area contributed by atoms with Crippen molar-refractivity contribution in [2.24, 2.45) is 7.05 Å². The third-order valence-electron chi connectivity index (χ3n) is 4.71. The van der Waals surface area contributed by atoms with Crippen molar-refractivity contribution >= 4 is 29.0 Å². The van der Waals surface area contributed by atoms with Gasteiger partial charge in [-0.1, -0.05) is 37.1 Å². The Labute approximate surface area is 157 Å². The van der Waals surface area contributed by atoms with Gasteiger partial charge in [0.05, 0.1) is 10.6 Å². The number of hydrogen-bond acceptors (Lipinski definition) is 5. The summed E-state index contributed by atoms with van der Waals surface area (Å²) in [7, 11) is 1.96. The summed E-state index contributed by atoms with van der Waals surface area (Å²) < 4.78 is 1.98. The average molecular weight is 379 g/mol. The van der Waals surface area contributed by atoms with Gasteiger partial charge in [-0.3, -0.25) is 4.79 Å². The number of thiophene rings is 1. The molecule has 5 nitrogen and oxygen atoms in total. The molecule has 136 valence electrons. The Morgan fingerprint density at radius 2 is 2.12 bits per heavy atom. The number of carbonyl (C=O) groups is 1. The van der Waals surface area contributed by atoms with Gasteiger partial charge in [0.2, 0.25) is 5.91 Å². The highest BCUT2D eigenvalue weighted by atomic mass is 32.2. The molecule has 1 aliphatic carbocycles. The lowest BCUT2D eigenvalue weighted by Crippen LogP contribution is -2.46. The highest BCUT2D eigenvalue weighted by Crippen LogP contribution is 2.28. The van der Waals surface area contributed by atoms with E-state index in [-0.39, 0.29) is 11.9 Å². The van der Waals surface area contributed by atoms with Crippen LogP contribution in [0.15, 0.2) is 22.7 Å². The second-order valence-electron chi connectivity index (χ2n) is 6.82. The number of rotatable bonds is 6. The Balaban J connectivity index is 1.65. The van der Waals surface area contributed by atoms with Crippen molar-refractivity contribution in [1.82, 2.24) is 19.7 Å². The number of carbonyl (C=O) groups excluding carboxylic acids is 1. The first-order valence-electron chi connectivity index (χ1n) is 8.95. The van der Waals surface area contributed by atoms with Crippen molar-refractivity contribution in [2.45, 2.75) is 63.2 Å². The van der Waals surface area contributed by atoms with Gasteiger partial charge in [-0.15, -0.1) is 21.5 Å². The predicted octanol–water partition coefficient (Wildman–Crippen LogP) is 4.21. The normalized spacial score (nSPS) is 15.7. The van der Waals surface area contributed by atoms with Crippen molar-refractivity contribution in [3.8, 4) is 10.7 Å². The summed E-state index contributed by atoms with van der Waals surface area (Å²) in [5, 5.41) is 11.4. The summed E-state index contributed by atoms with van der Waals surface area (Å²) in [5.41, 5.74) is 0. The molecule has 0 bridgehead atoms. The zero-order valence-corrected chi connectivity index (χ0v) is 16.8. The van der Waals surface area contributed by atoms with E-state index in [0.29, 0.717) is 11.8 Å². The van der Waals surface area contributed by atoms with E-state index < -0.39 is 0 Å². The molecule has 3 rings (SSSR count). The highest BCUT2D eigenvalue weighted by Gasteiger charge is 2.27. The number of hydrogen-bond donors (Lipinski definition) is 0. The average Bonchev–Trinajstić information content (AvgIpc) is 3.23. The Bertz CT molecular complexity index is 690. The van der Waals surface area contributed by atoms with E-state index in [2.05, 4.69) is 28.9 Å². The molecule has 2 aromatic heterocycles. The standard InChI is InChI=1S/C18H26N4OS2/c1-13(2)22(14-8-5-4-6-9-14)16(23)12-25-18-20-19-17(21(18)3)15-10-7-11-24-15/h7,10-11,13-14H,4-6,8-9,12H2,1-3H3. The minimum absolute atomic E-state index is 0.215. The maximum Gasteiger partial charge on any atom is 0.233 e. The number of aromatic nitrogens is 3. The smallest absolute Gasteiger partial charge is 0.233 e. The van der Waals surface area contributed by atoms with Gasteiger partial charge in [-0.2, -0.15) is 0 Å². The number of thioether (sulfide) groups is 1. The van der Waals surface area contributed by atoms with Crippen molar-refractivity contribution < 1.29 is 4.79 Å². The molecule has 0 N–H and O–H groups in total. The third kappa shape index (κ3) is 4.26. The fourth-order valence-electron chi connectivity index (χ4n) is 3.53.